The number of amides is 1. The third kappa shape index (κ3) is 2.19. The lowest BCUT2D eigenvalue weighted by Crippen LogP contribution is -2.20. The zero-order chi connectivity index (χ0) is 13.2. The number of H-pyrrole nitrogens is 1. The molecule has 0 fully saturated rings. The molecule has 0 spiro atoms. The number of nitrogens with zero attached hydrogens (tertiary/aromatic N) is 3. The molecule has 0 saturated heterocycles. The number of imidazole rings is 1. The maximum atomic E-state index is 10.8. The maximum Gasteiger partial charge on any atom is 0.213 e. The quantitative estimate of drug-likeness (QED) is 0.845. The van der Waals surface area contributed by atoms with Crippen LogP contribution >= 0.6 is 0 Å². The van der Waals surface area contributed by atoms with E-state index in [1.165, 1.54) is 11.3 Å². The van der Waals surface area contributed by atoms with E-state index in [2.05, 4.69) is 27.0 Å². The number of rotatable bonds is 4. The van der Waals surface area contributed by atoms with Gasteiger partial charge in [-0.15, -0.1) is 0 Å². The van der Waals surface area contributed by atoms with Crippen molar-refractivity contribution >= 4 is 17.8 Å². The summed E-state index contributed by atoms with van der Waals surface area (Å²) in [6.07, 6.45) is 5.42. The molecule has 0 saturated carbocycles. The predicted octanol–water partition coefficient (Wildman–Crippen LogP) is 1.56. The molecule has 1 aliphatic heterocycles. The monoisotopic (exact) mass is 256 g/mol. The Balaban J connectivity index is 1.87. The lowest BCUT2D eigenvalue weighted by atomic mass is 10.1. The molecule has 2 aromatic rings. The Hall–Kier alpha value is -2.30. The van der Waals surface area contributed by atoms with E-state index in [4.69, 9.17) is 0 Å². The van der Waals surface area contributed by atoms with Crippen molar-refractivity contribution in [3.05, 3.63) is 42.0 Å². The highest BCUT2D eigenvalue weighted by Crippen LogP contribution is 2.32. The molecule has 0 unspecified atom stereocenters. The maximum absolute atomic E-state index is 10.8. The molecule has 2 heterocycles. The van der Waals surface area contributed by atoms with Crippen molar-refractivity contribution < 1.29 is 4.79 Å². The van der Waals surface area contributed by atoms with Crippen LogP contribution in [0.1, 0.15) is 11.3 Å². The Morgan fingerprint density at radius 3 is 3.16 bits per heavy atom. The Kier molecular flexibility index (Phi) is 2.95. The smallest absolute Gasteiger partial charge is 0.213 e. The Labute approximate surface area is 111 Å². The summed E-state index contributed by atoms with van der Waals surface area (Å²) < 4.78 is 0. The average Bonchev–Trinajstić information content (AvgIpc) is 3.08. The molecule has 1 aromatic heterocycles. The highest BCUT2D eigenvalue weighted by molar-refractivity contribution is 5.77. The number of carbonyl (C=O) groups is 1. The standard InChI is InChI=1S/C14H16N4O/c1-17(10-19)13-3-2-11-4-5-18(14(11)6-13)8-12-7-15-9-16-12/h2-3,6-7,9-10H,4-5,8H2,1H3,(H,15,16). The van der Waals surface area contributed by atoms with E-state index in [-0.39, 0.29) is 0 Å². The van der Waals surface area contributed by atoms with Gasteiger partial charge < -0.3 is 14.8 Å². The van der Waals surface area contributed by atoms with Crippen LogP contribution in [0.3, 0.4) is 0 Å². The van der Waals surface area contributed by atoms with E-state index in [1.807, 2.05) is 12.3 Å². The first-order valence-corrected chi connectivity index (χ1v) is 6.31. The van der Waals surface area contributed by atoms with Gasteiger partial charge in [0.1, 0.15) is 0 Å². The van der Waals surface area contributed by atoms with Gasteiger partial charge in [0, 0.05) is 31.2 Å². The Morgan fingerprint density at radius 1 is 1.53 bits per heavy atom. The van der Waals surface area contributed by atoms with Crippen LogP contribution in [0.2, 0.25) is 0 Å². The van der Waals surface area contributed by atoms with Crippen molar-refractivity contribution in [3.8, 4) is 0 Å². The van der Waals surface area contributed by atoms with Crippen LogP contribution in [-0.2, 0) is 17.8 Å². The van der Waals surface area contributed by atoms with Gasteiger partial charge in [0.2, 0.25) is 6.41 Å². The molecule has 19 heavy (non-hydrogen) atoms. The van der Waals surface area contributed by atoms with Gasteiger partial charge in [-0.05, 0) is 24.1 Å². The number of carbonyl (C=O) groups excluding carboxylic acids is 1. The Morgan fingerprint density at radius 2 is 2.42 bits per heavy atom. The second-order valence-electron chi connectivity index (χ2n) is 4.78. The number of hydrogen-bond donors (Lipinski definition) is 1. The van der Waals surface area contributed by atoms with Crippen LogP contribution < -0.4 is 9.80 Å². The van der Waals surface area contributed by atoms with Gasteiger partial charge in [0.05, 0.1) is 18.6 Å². The number of nitrogens with one attached hydrogen (secondary N) is 1. The lowest BCUT2D eigenvalue weighted by Gasteiger charge is -2.20. The first-order chi connectivity index (χ1) is 9.28. The molecule has 5 heteroatoms. The molecule has 3 rings (SSSR count). The normalized spacial score (nSPS) is 13.4. The molecule has 0 atom stereocenters. The Bertz CT molecular complexity index is 579. The minimum Gasteiger partial charge on any atom is -0.365 e. The molecule has 0 bridgehead atoms. The zero-order valence-electron chi connectivity index (χ0n) is 10.8. The van der Waals surface area contributed by atoms with Crippen molar-refractivity contribution in [2.45, 2.75) is 13.0 Å². The van der Waals surface area contributed by atoms with Crippen molar-refractivity contribution in [3.63, 3.8) is 0 Å². The molecule has 1 N–H and O–H groups in total. The second kappa shape index (κ2) is 4.76. The molecule has 5 nitrogen and oxygen atoms in total. The van der Waals surface area contributed by atoms with Gasteiger partial charge in [0.25, 0.3) is 0 Å². The minimum atomic E-state index is 0.821. The van der Waals surface area contributed by atoms with E-state index in [1.54, 1.807) is 18.3 Å². The largest absolute Gasteiger partial charge is 0.365 e. The van der Waals surface area contributed by atoms with Crippen LogP contribution in [0.5, 0.6) is 0 Å². The fourth-order valence-corrected chi connectivity index (χ4v) is 2.46. The van der Waals surface area contributed by atoms with E-state index >= 15 is 0 Å². The number of anilines is 2. The molecule has 1 aliphatic rings. The van der Waals surface area contributed by atoms with Crippen molar-refractivity contribution in [2.24, 2.45) is 0 Å². The number of aromatic amines is 1. The second-order valence-corrected chi connectivity index (χ2v) is 4.78. The van der Waals surface area contributed by atoms with E-state index in [9.17, 15) is 4.79 Å². The van der Waals surface area contributed by atoms with E-state index in [0.717, 1.165) is 37.3 Å². The van der Waals surface area contributed by atoms with Gasteiger partial charge in [-0.1, -0.05) is 6.07 Å². The van der Waals surface area contributed by atoms with Gasteiger partial charge >= 0.3 is 0 Å². The summed E-state index contributed by atoms with van der Waals surface area (Å²) >= 11 is 0. The number of aromatic nitrogens is 2. The van der Waals surface area contributed by atoms with Crippen LogP contribution in [0.4, 0.5) is 11.4 Å². The van der Waals surface area contributed by atoms with Gasteiger partial charge in [0.15, 0.2) is 0 Å². The summed E-state index contributed by atoms with van der Waals surface area (Å²) in [7, 11) is 1.77. The SMILES string of the molecule is CN(C=O)c1ccc2c(c1)N(Cc1cnc[nH]1)CC2. The van der Waals surface area contributed by atoms with Gasteiger partial charge in [-0.2, -0.15) is 0 Å². The highest BCUT2D eigenvalue weighted by atomic mass is 16.1. The molecule has 1 aromatic carbocycles. The van der Waals surface area contributed by atoms with Crippen LogP contribution in [0, 0.1) is 0 Å². The highest BCUT2D eigenvalue weighted by Gasteiger charge is 2.20. The summed E-state index contributed by atoms with van der Waals surface area (Å²) in [6.45, 7) is 1.82. The van der Waals surface area contributed by atoms with Gasteiger partial charge in [-0.25, -0.2) is 4.98 Å². The van der Waals surface area contributed by atoms with Gasteiger partial charge in [-0.3, -0.25) is 4.79 Å². The average molecular weight is 256 g/mol. The number of hydrogen-bond acceptors (Lipinski definition) is 3. The van der Waals surface area contributed by atoms with Crippen molar-refractivity contribution in [1.29, 1.82) is 0 Å². The fourth-order valence-electron chi connectivity index (χ4n) is 2.46. The summed E-state index contributed by atoms with van der Waals surface area (Å²) in [6, 6.07) is 6.18. The first-order valence-electron chi connectivity index (χ1n) is 6.31. The molecule has 0 aliphatic carbocycles. The minimum absolute atomic E-state index is 0.821. The summed E-state index contributed by atoms with van der Waals surface area (Å²) in [5, 5.41) is 0. The lowest BCUT2D eigenvalue weighted by molar-refractivity contribution is -0.107. The summed E-state index contributed by atoms with van der Waals surface area (Å²) in [4.78, 5) is 21.9. The summed E-state index contributed by atoms with van der Waals surface area (Å²) in [5.74, 6) is 0. The van der Waals surface area contributed by atoms with Crippen molar-refractivity contribution in [2.75, 3.05) is 23.4 Å². The predicted molar refractivity (Wildman–Crippen MR) is 74.3 cm³/mol. The third-order valence-corrected chi connectivity index (χ3v) is 3.54. The fraction of sp³-hybridized carbons (Fsp3) is 0.286. The summed E-state index contributed by atoms with van der Waals surface area (Å²) in [5.41, 5.74) is 4.57. The molecular formula is C14H16N4O. The zero-order valence-corrected chi connectivity index (χ0v) is 10.8. The number of benzene rings is 1. The molecule has 0 radical (unpaired) electrons. The van der Waals surface area contributed by atoms with Crippen LogP contribution in [0.15, 0.2) is 30.7 Å². The van der Waals surface area contributed by atoms with Crippen molar-refractivity contribution in [1.82, 2.24) is 9.97 Å². The molecular weight excluding hydrogens is 240 g/mol. The number of fused-ring (bicyclic) bond motifs is 1. The topological polar surface area (TPSA) is 52.2 Å². The van der Waals surface area contributed by atoms with E-state index in [0.29, 0.717) is 0 Å². The van der Waals surface area contributed by atoms with E-state index < -0.39 is 0 Å². The first kappa shape index (κ1) is 11.8. The molecule has 98 valence electrons. The van der Waals surface area contributed by atoms with Crippen LogP contribution in [-0.4, -0.2) is 30.0 Å². The molecule has 1 amide bonds. The van der Waals surface area contributed by atoms with Crippen LogP contribution in [0.25, 0.3) is 0 Å². The third-order valence-electron chi connectivity index (χ3n) is 3.54.